The van der Waals surface area contributed by atoms with Crippen molar-refractivity contribution in [3.63, 3.8) is 0 Å². The number of ether oxygens (including phenoxy) is 1. The number of carbonyl (C=O) groups excluding carboxylic acids is 1. The lowest BCUT2D eigenvalue weighted by molar-refractivity contribution is -0.121. The number of hydrogen-bond donors (Lipinski definition) is 2. The van der Waals surface area contributed by atoms with E-state index in [2.05, 4.69) is 5.32 Å². The summed E-state index contributed by atoms with van der Waals surface area (Å²) < 4.78 is 5.54. The zero-order chi connectivity index (χ0) is 14.6. The quantitative estimate of drug-likeness (QED) is 0.653. The van der Waals surface area contributed by atoms with Gasteiger partial charge in [-0.1, -0.05) is 30.5 Å². The fraction of sp³-hybridized carbons (Fsp3) is 0.562. The van der Waals surface area contributed by atoms with Gasteiger partial charge in [0.2, 0.25) is 5.91 Å². The smallest absolute Gasteiger partial charge is 0.220 e. The number of benzene rings is 1. The van der Waals surface area contributed by atoms with Crippen LogP contribution in [0.5, 0.6) is 5.75 Å². The summed E-state index contributed by atoms with van der Waals surface area (Å²) >= 11 is 0. The fourth-order valence-electron chi connectivity index (χ4n) is 1.87. The van der Waals surface area contributed by atoms with E-state index in [1.54, 1.807) is 0 Å². The molecule has 0 saturated heterocycles. The van der Waals surface area contributed by atoms with E-state index in [9.17, 15) is 4.79 Å². The van der Waals surface area contributed by atoms with Crippen LogP contribution in [0.1, 0.15) is 37.7 Å². The topological polar surface area (TPSA) is 64.3 Å². The molecule has 0 aliphatic rings. The number of carbonyl (C=O) groups is 1. The molecule has 0 aliphatic carbocycles. The zero-order valence-corrected chi connectivity index (χ0v) is 13.6. The van der Waals surface area contributed by atoms with Crippen LogP contribution < -0.4 is 15.8 Å². The van der Waals surface area contributed by atoms with Crippen molar-refractivity contribution in [1.82, 2.24) is 5.32 Å². The van der Waals surface area contributed by atoms with Crippen molar-refractivity contribution in [2.45, 2.75) is 39.0 Å². The number of unbranched alkanes of at least 4 members (excludes halogenated alkanes) is 3. The van der Waals surface area contributed by atoms with Crippen LogP contribution in [0.25, 0.3) is 0 Å². The first-order valence-electron chi connectivity index (χ1n) is 7.38. The lowest BCUT2D eigenvalue weighted by Crippen LogP contribution is -2.27. The number of hydrogen-bond acceptors (Lipinski definition) is 3. The van der Waals surface area contributed by atoms with Gasteiger partial charge < -0.3 is 15.8 Å². The van der Waals surface area contributed by atoms with Gasteiger partial charge in [-0.3, -0.25) is 4.79 Å². The van der Waals surface area contributed by atoms with Crippen molar-refractivity contribution in [3.8, 4) is 5.75 Å². The highest BCUT2D eigenvalue weighted by molar-refractivity contribution is 5.85. The molecule has 21 heavy (non-hydrogen) atoms. The molecule has 3 N–H and O–H groups in total. The molecular weight excluding hydrogens is 288 g/mol. The van der Waals surface area contributed by atoms with E-state index in [1.165, 1.54) is 5.56 Å². The molecule has 0 spiro atoms. The number of amides is 1. The van der Waals surface area contributed by atoms with Crippen LogP contribution in [0.15, 0.2) is 24.3 Å². The summed E-state index contributed by atoms with van der Waals surface area (Å²) in [6.45, 7) is 3.83. The highest BCUT2D eigenvalue weighted by Gasteiger charge is 2.00. The van der Waals surface area contributed by atoms with E-state index in [0.29, 0.717) is 19.6 Å². The first-order chi connectivity index (χ1) is 9.72. The van der Waals surface area contributed by atoms with Crippen LogP contribution in [-0.2, 0) is 4.79 Å². The average Bonchev–Trinajstić information content (AvgIpc) is 2.45. The molecule has 0 aliphatic heterocycles. The minimum Gasteiger partial charge on any atom is -0.492 e. The third kappa shape index (κ3) is 10.2. The first kappa shape index (κ1) is 19.7. The van der Waals surface area contributed by atoms with Crippen molar-refractivity contribution in [1.29, 1.82) is 0 Å². The average molecular weight is 315 g/mol. The maximum absolute atomic E-state index is 11.5. The molecule has 0 atom stereocenters. The second-order valence-electron chi connectivity index (χ2n) is 4.96. The zero-order valence-electron chi connectivity index (χ0n) is 12.8. The number of nitrogens with one attached hydrogen (secondary N) is 1. The van der Waals surface area contributed by atoms with Gasteiger partial charge in [0.1, 0.15) is 12.4 Å². The molecule has 0 radical (unpaired) electrons. The predicted octanol–water partition coefficient (Wildman–Crippen LogP) is 2.82. The summed E-state index contributed by atoms with van der Waals surface area (Å²) in [6, 6.07) is 7.90. The van der Waals surface area contributed by atoms with Crippen molar-refractivity contribution in [3.05, 3.63) is 29.8 Å². The molecule has 1 aromatic carbocycles. The maximum atomic E-state index is 11.5. The highest BCUT2D eigenvalue weighted by Crippen LogP contribution is 2.10. The monoisotopic (exact) mass is 314 g/mol. The van der Waals surface area contributed by atoms with Gasteiger partial charge in [-0.15, -0.1) is 12.4 Å². The van der Waals surface area contributed by atoms with Crippen molar-refractivity contribution >= 4 is 18.3 Å². The fourth-order valence-corrected chi connectivity index (χ4v) is 1.87. The molecule has 0 heterocycles. The van der Waals surface area contributed by atoms with Crippen LogP contribution in [0, 0.1) is 6.92 Å². The van der Waals surface area contributed by atoms with Gasteiger partial charge in [0, 0.05) is 6.42 Å². The third-order valence-corrected chi connectivity index (χ3v) is 3.07. The lowest BCUT2D eigenvalue weighted by atomic mass is 10.1. The van der Waals surface area contributed by atoms with E-state index in [1.807, 2.05) is 31.2 Å². The molecule has 0 bridgehead atoms. The number of nitrogens with two attached hydrogens (primary N) is 1. The summed E-state index contributed by atoms with van der Waals surface area (Å²) in [7, 11) is 0. The van der Waals surface area contributed by atoms with Crippen LogP contribution in [0.4, 0.5) is 0 Å². The second-order valence-corrected chi connectivity index (χ2v) is 4.96. The molecule has 4 nitrogen and oxygen atoms in total. The Morgan fingerprint density at radius 2 is 1.81 bits per heavy atom. The maximum Gasteiger partial charge on any atom is 0.220 e. The van der Waals surface area contributed by atoms with Crippen LogP contribution in [0.2, 0.25) is 0 Å². The van der Waals surface area contributed by atoms with E-state index < -0.39 is 0 Å². The van der Waals surface area contributed by atoms with E-state index in [0.717, 1.165) is 38.0 Å². The van der Waals surface area contributed by atoms with Crippen molar-refractivity contribution in [2.75, 3.05) is 19.7 Å². The Morgan fingerprint density at radius 1 is 1.14 bits per heavy atom. The predicted molar refractivity (Wildman–Crippen MR) is 89.1 cm³/mol. The SMILES string of the molecule is Cc1ccc(OCCNC(=O)CCCCCCN)cc1.Cl. The standard InChI is InChI=1S/C16H26N2O2.ClH/c1-14-7-9-15(10-8-14)20-13-12-18-16(19)6-4-2-3-5-11-17;/h7-10H,2-6,11-13,17H2,1H3,(H,18,19);1H. The highest BCUT2D eigenvalue weighted by atomic mass is 35.5. The second kappa shape index (κ2) is 12.5. The molecule has 120 valence electrons. The van der Waals surface area contributed by atoms with Gasteiger partial charge in [-0.2, -0.15) is 0 Å². The Kier molecular flexibility index (Phi) is 11.7. The molecule has 1 aromatic rings. The summed E-state index contributed by atoms with van der Waals surface area (Å²) in [5.41, 5.74) is 6.62. The summed E-state index contributed by atoms with van der Waals surface area (Å²) in [6.07, 6.45) is 4.76. The lowest BCUT2D eigenvalue weighted by Gasteiger charge is -2.08. The Balaban J connectivity index is 0.00000400. The van der Waals surface area contributed by atoms with Crippen LogP contribution in [-0.4, -0.2) is 25.6 Å². The number of halogens is 1. The van der Waals surface area contributed by atoms with E-state index in [-0.39, 0.29) is 18.3 Å². The summed E-state index contributed by atoms with van der Waals surface area (Å²) in [5, 5.41) is 2.87. The van der Waals surface area contributed by atoms with Crippen molar-refractivity contribution < 1.29 is 9.53 Å². The molecule has 5 heteroatoms. The third-order valence-electron chi connectivity index (χ3n) is 3.07. The molecule has 0 aromatic heterocycles. The molecule has 0 unspecified atom stereocenters. The minimum absolute atomic E-state index is 0. The molecule has 0 fully saturated rings. The van der Waals surface area contributed by atoms with Gasteiger partial charge in [-0.25, -0.2) is 0 Å². The van der Waals surface area contributed by atoms with Gasteiger partial charge >= 0.3 is 0 Å². The van der Waals surface area contributed by atoms with Gasteiger partial charge in [0.15, 0.2) is 0 Å². The van der Waals surface area contributed by atoms with Gasteiger partial charge in [0.05, 0.1) is 6.54 Å². The summed E-state index contributed by atoms with van der Waals surface area (Å²) in [5.74, 6) is 0.942. The first-order valence-corrected chi connectivity index (χ1v) is 7.38. The molecular formula is C16H27ClN2O2. The van der Waals surface area contributed by atoms with Crippen LogP contribution in [0.3, 0.4) is 0 Å². The molecule has 1 rings (SSSR count). The Bertz CT molecular complexity index is 382. The Labute approximate surface area is 133 Å². The summed E-state index contributed by atoms with van der Waals surface area (Å²) in [4.78, 5) is 11.5. The van der Waals surface area contributed by atoms with Gasteiger partial charge in [0.25, 0.3) is 0 Å². The Hall–Kier alpha value is -1.26. The normalized spacial score (nSPS) is 9.81. The Morgan fingerprint density at radius 3 is 2.48 bits per heavy atom. The van der Waals surface area contributed by atoms with E-state index in [4.69, 9.17) is 10.5 Å². The van der Waals surface area contributed by atoms with Crippen molar-refractivity contribution in [2.24, 2.45) is 5.73 Å². The largest absolute Gasteiger partial charge is 0.492 e. The van der Waals surface area contributed by atoms with E-state index >= 15 is 0 Å². The number of aryl methyl sites for hydroxylation is 1. The number of rotatable bonds is 10. The van der Waals surface area contributed by atoms with Crippen LogP contribution >= 0.6 is 12.4 Å². The minimum atomic E-state index is 0. The van der Waals surface area contributed by atoms with Gasteiger partial charge in [-0.05, 0) is 38.4 Å². The molecule has 0 saturated carbocycles. The molecule has 1 amide bonds.